The van der Waals surface area contributed by atoms with Crippen molar-refractivity contribution in [3.63, 3.8) is 0 Å². The lowest BCUT2D eigenvalue weighted by molar-refractivity contribution is -0.137. The minimum atomic E-state index is -4.37. The topological polar surface area (TPSA) is 46.1 Å². The first kappa shape index (κ1) is 24.8. The molecule has 2 saturated heterocycles. The molecule has 2 atom stereocenters. The van der Waals surface area contributed by atoms with Crippen molar-refractivity contribution in [2.45, 2.75) is 38.1 Å². The van der Waals surface area contributed by atoms with E-state index in [4.69, 9.17) is 9.47 Å². The van der Waals surface area contributed by atoms with Crippen LogP contribution in [-0.2, 0) is 15.7 Å². The average molecular weight is 537 g/mol. The van der Waals surface area contributed by atoms with Crippen LogP contribution in [0.1, 0.15) is 30.9 Å². The van der Waals surface area contributed by atoms with Gasteiger partial charge < -0.3 is 19.7 Å². The molecule has 5 nitrogen and oxygen atoms in total. The van der Waals surface area contributed by atoms with Gasteiger partial charge in [-0.2, -0.15) is 13.2 Å². The smallest absolute Gasteiger partial charge is 0.375 e. The number of aliphatic imine (C=N–C) groups is 1. The number of guanidine groups is 1. The van der Waals surface area contributed by atoms with Gasteiger partial charge in [0.15, 0.2) is 5.96 Å². The van der Waals surface area contributed by atoms with Crippen LogP contribution in [0.3, 0.4) is 0 Å². The second-order valence-corrected chi connectivity index (χ2v) is 6.96. The van der Waals surface area contributed by atoms with Gasteiger partial charge in [0, 0.05) is 31.8 Å². The van der Waals surface area contributed by atoms with Gasteiger partial charge in [-0.05, 0) is 38.0 Å². The summed E-state index contributed by atoms with van der Waals surface area (Å²) < 4.78 is 50.0. The molecule has 1 aromatic carbocycles. The van der Waals surface area contributed by atoms with E-state index in [0.29, 0.717) is 25.3 Å². The largest absolute Gasteiger partial charge is 0.416 e. The van der Waals surface area contributed by atoms with E-state index >= 15 is 0 Å². The van der Waals surface area contributed by atoms with Gasteiger partial charge in [-0.15, -0.1) is 24.0 Å². The molecule has 30 heavy (non-hydrogen) atoms. The third-order valence-corrected chi connectivity index (χ3v) is 4.84. The second kappa shape index (κ2) is 11.8. The Labute approximate surface area is 192 Å². The van der Waals surface area contributed by atoms with Crippen LogP contribution in [0, 0.1) is 11.8 Å². The number of alkyl halides is 3. The van der Waals surface area contributed by atoms with Crippen molar-refractivity contribution in [1.82, 2.24) is 10.2 Å². The van der Waals surface area contributed by atoms with Crippen molar-refractivity contribution in [2.24, 2.45) is 4.99 Å². The van der Waals surface area contributed by atoms with Crippen molar-refractivity contribution in [1.29, 1.82) is 0 Å². The van der Waals surface area contributed by atoms with Crippen LogP contribution in [-0.4, -0.2) is 62.5 Å². The zero-order chi connectivity index (χ0) is 20.7. The highest BCUT2D eigenvalue weighted by molar-refractivity contribution is 14.0. The molecule has 166 valence electrons. The molecule has 1 N–H and O–H groups in total. The van der Waals surface area contributed by atoms with Gasteiger partial charge >= 0.3 is 6.18 Å². The average Bonchev–Trinajstić information content (AvgIpc) is 3.25. The summed E-state index contributed by atoms with van der Waals surface area (Å²) in [6.07, 6.45) is -2.16. The van der Waals surface area contributed by atoms with Gasteiger partial charge in [-0.1, -0.05) is 17.9 Å². The predicted octanol–water partition coefficient (Wildman–Crippen LogP) is 3.52. The van der Waals surface area contributed by atoms with Gasteiger partial charge in [0.2, 0.25) is 0 Å². The van der Waals surface area contributed by atoms with E-state index in [1.165, 1.54) is 6.07 Å². The third-order valence-electron chi connectivity index (χ3n) is 4.84. The zero-order valence-corrected chi connectivity index (χ0v) is 19.2. The van der Waals surface area contributed by atoms with Crippen molar-refractivity contribution in [3.8, 4) is 11.8 Å². The van der Waals surface area contributed by atoms with E-state index in [1.54, 1.807) is 6.07 Å². The summed E-state index contributed by atoms with van der Waals surface area (Å²) in [6, 6.07) is 5.01. The van der Waals surface area contributed by atoms with Crippen LogP contribution in [0.15, 0.2) is 29.3 Å². The zero-order valence-electron chi connectivity index (χ0n) is 16.9. The summed E-state index contributed by atoms with van der Waals surface area (Å²) >= 11 is 0. The van der Waals surface area contributed by atoms with Crippen molar-refractivity contribution in [3.05, 3.63) is 35.4 Å². The van der Waals surface area contributed by atoms with Gasteiger partial charge in [-0.25, -0.2) is 4.99 Å². The normalized spacial score (nSPS) is 22.1. The fourth-order valence-electron chi connectivity index (χ4n) is 3.44. The highest BCUT2D eigenvalue weighted by Gasteiger charge is 2.32. The number of benzene rings is 1. The van der Waals surface area contributed by atoms with Crippen LogP contribution < -0.4 is 5.32 Å². The molecule has 2 aliphatic rings. The Balaban J connectivity index is 0.00000320. The van der Waals surface area contributed by atoms with Crippen LogP contribution in [0.25, 0.3) is 0 Å². The Morgan fingerprint density at radius 2 is 2.07 bits per heavy atom. The highest BCUT2D eigenvalue weighted by atomic mass is 127. The van der Waals surface area contributed by atoms with Crippen molar-refractivity contribution < 1.29 is 22.6 Å². The molecule has 0 saturated carbocycles. The lowest BCUT2D eigenvalue weighted by atomic mass is 10.1. The minimum absolute atomic E-state index is 0. The van der Waals surface area contributed by atoms with Gasteiger partial charge in [0.05, 0.1) is 18.3 Å². The quantitative estimate of drug-likeness (QED) is 0.278. The number of morpholine rings is 1. The van der Waals surface area contributed by atoms with Crippen molar-refractivity contribution in [2.75, 3.05) is 39.4 Å². The number of halogens is 4. The molecule has 0 radical (unpaired) electrons. The lowest BCUT2D eigenvalue weighted by Gasteiger charge is -2.37. The molecule has 2 heterocycles. The highest BCUT2D eigenvalue weighted by Crippen LogP contribution is 2.29. The molecule has 2 aliphatic heterocycles. The number of hydrogen-bond acceptors (Lipinski definition) is 3. The predicted molar refractivity (Wildman–Crippen MR) is 120 cm³/mol. The summed E-state index contributed by atoms with van der Waals surface area (Å²) in [4.78, 5) is 6.65. The van der Waals surface area contributed by atoms with E-state index in [1.807, 2.05) is 6.92 Å². The molecule has 0 spiro atoms. The summed E-state index contributed by atoms with van der Waals surface area (Å²) in [5.41, 5.74) is -0.375. The molecule has 0 aliphatic carbocycles. The Morgan fingerprint density at radius 1 is 1.27 bits per heavy atom. The SMILES string of the molecule is CCNC(=NCC#Cc1cccc(C(F)(F)F)c1)N1CCOC(C2CCCO2)C1.I. The van der Waals surface area contributed by atoms with Crippen LogP contribution in [0.2, 0.25) is 0 Å². The van der Waals surface area contributed by atoms with Crippen molar-refractivity contribution >= 4 is 29.9 Å². The summed E-state index contributed by atoms with van der Waals surface area (Å²) in [5, 5.41) is 3.25. The Bertz CT molecular complexity index is 771. The maximum atomic E-state index is 12.8. The molecule has 3 rings (SSSR count). The lowest BCUT2D eigenvalue weighted by Crippen LogP contribution is -2.53. The van der Waals surface area contributed by atoms with E-state index < -0.39 is 11.7 Å². The fourth-order valence-corrected chi connectivity index (χ4v) is 3.44. The number of rotatable bonds is 3. The molecular formula is C21H27F3IN3O2. The molecule has 9 heteroatoms. The van der Waals surface area contributed by atoms with Gasteiger partial charge in [0.1, 0.15) is 12.6 Å². The van der Waals surface area contributed by atoms with Crippen LogP contribution in [0.4, 0.5) is 13.2 Å². The Hall–Kier alpha value is -1.51. The molecule has 0 bridgehead atoms. The van der Waals surface area contributed by atoms with Gasteiger partial charge in [-0.3, -0.25) is 0 Å². The van der Waals surface area contributed by atoms with Crippen LogP contribution in [0.5, 0.6) is 0 Å². The summed E-state index contributed by atoms with van der Waals surface area (Å²) in [7, 11) is 0. The summed E-state index contributed by atoms with van der Waals surface area (Å²) in [5.74, 6) is 6.34. The first-order chi connectivity index (χ1) is 14.0. The number of ether oxygens (including phenoxy) is 2. The van der Waals surface area contributed by atoms with E-state index in [0.717, 1.165) is 44.1 Å². The van der Waals surface area contributed by atoms with Gasteiger partial charge in [0.25, 0.3) is 0 Å². The standard InChI is InChI=1S/C21H26F3N3O2.HI/c1-2-25-20(27-11-13-29-19(15-27)18-9-5-12-28-18)26-10-4-7-16-6-3-8-17(14-16)21(22,23)24;/h3,6,8,14,18-19H,2,5,9-13,15H2,1H3,(H,25,26);1H. The van der Waals surface area contributed by atoms with E-state index in [-0.39, 0.29) is 42.7 Å². The minimum Gasteiger partial charge on any atom is -0.375 e. The maximum Gasteiger partial charge on any atom is 0.416 e. The maximum absolute atomic E-state index is 12.8. The second-order valence-electron chi connectivity index (χ2n) is 6.96. The Kier molecular flexibility index (Phi) is 9.71. The van der Waals surface area contributed by atoms with Crippen LogP contribution >= 0.6 is 24.0 Å². The van der Waals surface area contributed by atoms with E-state index in [9.17, 15) is 13.2 Å². The number of nitrogens with zero attached hydrogens (tertiary/aromatic N) is 2. The monoisotopic (exact) mass is 537 g/mol. The molecule has 1 aromatic rings. The number of nitrogens with one attached hydrogen (secondary N) is 1. The Morgan fingerprint density at radius 3 is 2.77 bits per heavy atom. The number of hydrogen-bond donors (Lipinski definition) is 1. The molecule has 0 aromatic heterocycles. The molecule has 2 fully saturated rings. The first-order valence-corrected chi connectivity index (χ1v) is 9.90. The molecule has 2 unspecified atom stereocenters. The molecular weight excluding hydrogens is 510 g/mol. The summed E-state index contributed by atoms with van der Waals surface area (Å²) in [6.45, 7) is 5.69. The third kappa shape index (κ3) is 7.03. The first-order valence-electron chi connectivity index (χ1n) is 9.90. The van der Waals surface area contributed by atoms with E-state index in [2.05, 4.69) is 27.0 Å². The fraction of sp³-hybridized carbons (Fsp3) is 0.571. The molecule has 0 amide bonds.